The molecule has 1 aromatic heterocycles. The zero-order valence-electron chi connectivity index (χ0n) is 14.7. The lowest BCUT2D eigenvalue weighted by Gasteiger charge is -2.34. The topological polar surface area (TPSA) is 68.5 Å². The summed E-state index contributed by atoms with van der Waals surface area (Å²) in [5.41, 5.74) is 3.17. The van der Waals surface area contributed by atoms with E-state index in [1.165, 1.54) is 5.56 Å². The first-order valence-electron chi connectivity index (χ1n) is 8.47. The summed E-state index contributed by atoms with van der Waals surface area (Å²) in [5, 5.41) is 4.11. The first-order valence-corrected chi connectivity index (χ1v) is 8.47. The van der Waals surface area contributed by atoms with E-state index in [0.717, 1.165) is 16.9 Å². The second-order valence-corrected chi connectivity index (χ2v) is 6.32. The number of fused-ring (bicyclic) bond motifs is 1. The van der Waals surface area contributed by atoms with E-state index in [2.05, 4.69) is 22.3 Å². The van der Waals surface area contributed by atoms with Crippen LogP contribution in [0.25, 0.3) is 11.4 Å². The van der Waals surface area contributed by atoms with Gasteiger partial charge in [-0.25, -0.2) is 0 Å². The lowest BCUT2D eigenvalue weighted by Crippen LogP contribution is -2.37. The Morgan fingerprint density at radius 3 is 2.77 bits per heavy atom. The molecule has 6 nitrogen and oxygen atoms in total. The third-order valence-corrected chi connectivity index (χ3v) is 4.71. The molecule has 1 amide bonds. The van der Waals surface area contributed by atoms with Gasteiger partial charge in [0.1, 0.15) is 11.8 Å². The highest BCUT2D eigenvalue weighted by Crippen LogP contribution is 2.33. The molecule has 0 saturated heterocycles. The second kappa shape index (κ2) is 6.63. The lowest BCUT2D eigenvalue weighted by molar-refractivity contribution is -0.133. The first kappa shape index (κ1) is 16.3. The molecular formula is C20H19N3O3. The summed E-state index contributed by atoms with van der Waals surface area (Å²) in [6.07, 6.45) is 0.662. The zero-order valence-corrected chi connectivity index (χ0v) is 14.7. The fraction of sp³-hybridized carbons (Fsp3) is 0.250. The summed E-state index contributed by atoms with van der Waals surface area (Å²) in [5.74, 6) is 1.66. The van der Waals surface area contributed by atoms with Crippen molar-refractivity contribution >= 4 is 5.91 Å². The van der Waals surface area contributed by atoms with Gasteiger partial charge >= 0.3 is 0 Å². The van der Waals surface area contributed by atoms with Crippen molar-refractivity contribution in [1.29, 1.82) is 0 Å². The van der Waals surface area contributed by atoms with Crippen LogP contribution in [0.1, 0.15) is 30.0 Å². The summed E-state index contributed by atoms with van der Waals surface area (Å²) in [7, 11) is 1.62. The molecule has 2 aromatic carbocycles. The molecule has 1 aliphatic heterocycles. The van der Waals surface area contributed by atoms with E-state index >= 15 is 0 Å². The summed E-state index contributed by atoms with van der Waals surface area (Å²) in [4.78, 5) is 18.5. The van der Waals surface area contributed by atoms with Gasteiger partial charge in [0.05, 0.1) is 7.11 Å². The zero-order chi connectivity index (χ0) is 18.1. The average Bonchev–Trinajstić information content (AvgIpc) is 3.17. The van der Waals surface area contributed by atoms with Gasteiger partial charge in [-0.05, 0) is 23.3 Å². The number of carbonyl (C=O) groups is 1. The van der Waals surface area contributed by atoms with Gasteiger partial charge in [0.15, 0.2) is 0 Å². The minimum Gasteiger partial charge on any atom is -0.497 e. The van der Waals surface area contributed by atoms with Gasteiger partial charge in [0.25, 0.3) is 0 Å². The maximum atomic E-state index is 12.2. The van der Waals surface area contributed by atoms with Gasteiger partial charge in [-0.15, -0.1) is 0 Å². The quantitative estimate of drug-likeness (QED) is 0.725. The van der Waals surface area contributed by atoms with Crippen LogP contribution in [0.2, 0.25) is 0 Å². The summed E-state index contributed by atoms with van der Waals surface area (Å²) < 4.78 is 10.8. The number of hydrogen-bond acceptors (Lipinski definition) is 5. The molecule has 0 fully saturated rings. The van der Waals surface area contributed by atoms with Crippen LogP contribution in [-0.2, 0) is 17.8 Å². The number of carbonyl (C=O) groups excluding carboxylic acids is 1. The van der Waals surface area contributed by atoms with Crippen molar-refractivity contribution in [2.24, 2.45) is 0 Å². The minimum atomic E-state index is -0.255. The monoisotopic (exact) mass is 349 g/mol. The number of hydrogen-bond donors (Lipinski definition) is 0. The maximum absolute atomic E-state index is 12.2. The molecular weight excluding hydrogens is 330 g/mol. The van der Waals surface area contributed by atoms with Gasteiger partial charge in [0.2, 0.25) is 17.6 Å². The van der Waals surface area contributed by atoms with Crippen LogP contribution in [0.3, 0.4) is 0 Å². The molecule has 0 radical (unpaired) electrons. The normalized spacial score (nSPS) is 16.2. The molecule has 3 aromatic rings. The maximum Gasteiger partial charge on any atom is 0.250 e. The predicted molar refractivity (Wildman–Crippen MR) is 95.4 cm³/mol. The number of benzene rings is 2. The van der Waals surface area contributed by atoms with E-state index < -0.39 is 0 Å². The Hall–Kier alpha value is -3.15. The molecule has 0 spiro atoms. The molecule has 26 heavy (non-hydrogen) atoms. The average molecular weight is 349 g/mol. The van der Waals surface area contributed by atoms with Crippen molar-refractivity contribution in [1.82, 2.24) is 15.0 Å². The Labute approximate surface area is 151 Å². The van der Waals surface area contributed by atoms with Gasteiger partial charge in [-0.1, -0.05) is 41.6 Å². The van der Waals surface area contributed by atoms with E-state index in [4.69, 9.17) is 9.26 Å². The van der Waals surface area contributed by atoms with Crippen molar-refractivity contribution in [2.45, 2.75) is 25.9 Å². The van der Waals surface area contributed by atoms with E-state index in [1.807, 2.05) is 36.4 Å². The Morgan fingerprint density at radius 2 is 2.00 bits per heavy atom. The van der Waals surface area contributed by atoms with Crippen LogP contribution in [0.15, 0.2) is 53.1 Å². The second-order valence-electron chi connectivity index (χ2n) is 6.32. The van der Waals surface area contributed by atoms with Gasteiger partial charge in [-0.2, -0.15) is 4.98 Å². The molecule has 1 atom stereocenters. The minimum absolute atomic E-state index is 0.00867. The molecule has 6 heteroatoms. The Balaban J connectivity index is 1.68. The van der Waals surface area contributed by atoms with Crippen LogP contribution < -0.4 is 4.74 Å². The van der Waals surface area contributed by atoms with Gasteiger partial charge in [0, 0.05) is 25.5 Å². The highest BCUT2D eigenvalue weighted by Gasteiger charge is 2.33. The fourth-order valence-electron chi connectivity index (χ4n) is 3.32. The number of amides is 1. The Kier molecular flexibility index (Phi) is 4.16. The number of methoxy groups -OCH3 is 1. The van der Waals surface area contributed by atoms with Crippen LogP contribution in [-0.4, -0.2) is 28.1 Å². The van der Waals surface area contributed by atoms with Crippen LogP contribution in [0.4, 0.5) is 0 Å². The van der Waals surface area contributed by atoms with E-state index in [0.29, 0.717) is 24.7 Å². The summed E-state index contributed by atoms with van der Waals surface area (Å²) >= 11 is 0. The summed E-state index contributed by atoms with van der Waals surface area (Å²) in [6, 6.07) is 15.4. The number of rotatable bonds is 3. The molecule has 0 aliphatic carbocycles. The molecule has 1 aliphatic rings. The van der Waals surface area contributed by atoms with Crippen molar-refractivity contribution in [3.8, 4) is 17.1 Å². The molecule has 2 heterocycles. The Bertz CT molecular complexity index is 951. The number of ether oxygens (including phenoxy) is 1. The first-order chi connectivity index (χ1) is 12.7. The van der Waals surface area contributed by atoms with Crippen molar-refractivity contribution < 1.29 is 14.1 Å². The summed E-state index contributed by atoms with van der Waals surface area (Å²) in [6.45, 7) is 2.12. The SMILES string of the molecule is COc1cccc(-c2noc([C@H]3Cc4ccccc4CN3C(C)=O)n2)c1. The van der Waals surface area contributed by atoms with Crippen LogP contribution in [0, 0.1) is 0 Å². The third kappa shape index (κ3) is 2.94. The third-order valence-electron chi connectivity index (χ3n) is 4.71. The molecule has 0 unspecified atom stereocenters. The van der Waals surface area contributed by atoms with Crippen LogP contribution >= 0.6 is 0 Å². The largest absolute Gasteiger partial charge is 0.497 e. The van der Waals surface area contributed by atoms with Gasteiger partial charge in [-0.3, -0.25) is 4.79 Å². The number of nitrogens with zero attached hydrogens (tertiary/aromatic N) is 3. The van der Waals surface area contributed by atoms with Crippen molar-refractivity contribution in [2.75, 3.05) is 7.11 Å². The molecule has 132 valence electrons. The van der Waals surface area contributed by atoms with E-state index in [9.17, 15) is 4.79 Å². The van der Waals surface area contributed by atoms with E-state index in [1.54, 1.807) is 18.9 Å². The molecule has 0 N–H and O–H groups in total. The molecule has 0 bridgehead atoms. The number of aromatic nitrogens is 2. The molecule has 0 saturated carbocycles. The Morgan fingerprint density at radius 1 is 1.19 bits per heavy atom. The fourth-order valence-corrected chi connectivity index (χ4v) is 3.32. The van der Waals surface area contributed by atoms with Crippen molar-refractivity contribution in [3.05, 3.63) is 65.5 Å². The predicted octanol–water partition coefficient (Wildman–Crippen LogP) is 3.39. The van der Waals surface area contributed by atoms with Gasteiger partial charge < -0.3 is 14.2 Å². The standard InChI is InChI=1S/C20H19N3O3/c1-13(24)23-12-16-7-4-3-6-14(16)11-18(23)20-21-19(22-26-20)15-8-5-9-17(10-15)25-2/h3-10,18H,11-12H2,1-2H3/t18-/m1/s1. The lowest BCUT2D eigenvalue weighted by atomic mass is 9.94. The molecule has 4 rings (SSSR count). The van der Waals surface area contributed by atoms with E-state index in [-0.39, 0.29) is 11.9 Å². The van der Waals surface area contributed by atoms with Crippen LogP contribution in [0.5, 0.6) is 5.75 Å². The smallest absolute Gasteiger partial charge is 0.250 e. The van der Waals surface area contributed by atoms with Crippen molar-refractivity contribution in [3.63, 3.8) is 0 Å². The highest BCUT2D eigenvalue weighted by molar-refractivity contribution is 5.74. The highest BCUT2D eigenvalue weighted by atomic mass is 16.5.